The van der Waals surface area contributed by atoms with Gasteiger partial charge in [0.25, 0.3) is 0 Å². The van der Waals surface area contributed by atoms with E-state index in [4.69, 9.17) is 11.6 Å². The normalized spacial score (nSPS) is 15.8. The fourth-order valence-electron chi connectivity index (χ4n) is 4.07. The Labute approximate surface area is 174 Å². The van der Waals surface area contributed by atoms with E-state index in [1.54, 1.807) is 0 Å². The van der Waals surface area contributed by atoms with Gasteiger partial charge in [0, 0.05) is 65.8 Å². The predicted octanol–water partition coefficient (Wildman–Crippen LogP) is 4.68. The molecule has 3 aromatic heterocycles. The van der Waals surface area contributed by atoms with Gasteiger partial charge in [0.05, 0.1) is 11.9 Å². The van der Waals surface area contributed by atoms with E-state index in [2.05, 4.69) is 48.6 Å². The topological polar surface area (TPSA) is 72.6 Å². The van der Waals surface area contributed by atoms with E-state index in [9.17, 15) is 0 Å². The maximum absolute atomic E-state index is 6.00. The highest BCUT2D eigenvalue weighted by Gasteiger charge is 2.22. The van der Waals surface area contributed by atoms with E-state index in [0.29, 0.717) is 6.04 Å². The Morgan fingerprint density at radius 2 is 1.93 bits per heavy atom. The van der Waals surface area contributed by atoms with Crippen molar-refractivity contribution in [2.45, 2.75) is 25.4 Å². The van der Waals surface area contributed by atoms with Crippen LogP contribution in [0.1, 0.15) is 18.4 Å². The number of hydrogen-bond donors (Lipinski definition) is 3. The van der Waals surface area contributed by atoms with Crippen molar-refractivity contribution in [3.8, 4) is 11.1 Å². The fourth-order valence-corrected chi connectivity index (χ4v) is 4.19. The molecule has 1 aliphatic heterocycles. The number of benzene rings is 1. The number of anilines is 1. The van der Waals surface area contributed by atoms with Gasteiger partial charge in [-0.1, -0.05) is 23.7 Å². The van der Waals surface area contributed by atoms with Gasteiger partial charge in [-0.3, -0.25) is 10.00 Å². The van der Waals surface area contributed by atoms with Crippen LogP contribution in [0.25, 0.3) is 22.2 Å². The van der Waals surface area contributed by atoms with E-state index >= 15 is 0 Å². The van der Waals surface area contributed by atoms with Crippen LogP contribution in [0.2, 0.25) is 5.02 Å². The second-order valence-corrected chi connectivity index (χ2v) is 8.03. The summed E-state index contributed by atoms with van der Waals surface area (Å²) in [5.74, 6) is 0. The van der Waals surface area contributed by atoms with Crippen molar-refractivity contribution >= 4 is 28.3 Å². The second kappa shape index (κ2) is 7.89. The van der Waals surface area contributed by atoms with Gasteiger partial charge in [-0.15, -0.1) is 0 Å². The van der Waals surface area contributed by atoms with Crippen molar-refractivity contribution < 1.29 is 0 Å². The summed E-state index contributed by atoms with van der Waals surface area (Å²) >= 11 is 6.00. The molecule has 0 saturated carbocycles. The maximum Gasteiger partial charge on any atom is 0.139 e. The van der Waals surface area contributed by atoms with E-state index < -0.39 is 0 Å². The summed E-state index contributed by atoms with van der Waals surface area (Å²) in [6.45, 7) is 3.12. The van der Waals surface area contributed by atoms with Crippen LogP contribution in [0.3, 0.4) is 0 Å². The molecule has 1 saturated heterocycles. The number of rotatable bonds is 5. The minimum Gasteiger partial charge on any atom is -0.381 e. The number of nitrogens with zero attached hydrogens (tertiary/aromatic N) is 3. The van der Waals surface area contributed by atoms with Gasteiger partial charge in [-0.25, -0.2) is 4.98 Å². The number of likely N-dealkylation sites (tertiary alicyclic amines) is 1. The van der Waals surface area contributed by atoms with Crippen LogP contribution in [0.4, 0.5) is 5.69 Å². The van der Waals surface area contributed by atoms with Crippen LogP contribution in [-0.2, 0) is 6.54 Å². The van der Waals surface area contributed by atoms with E-state index in [1.165, 1.54) is 5.56 Å². The molecule has 0 spiro atoms. The molecule has 5 rings (SSSR count). The minimum atomic E-state index is 0.433. The van der Waals surface area contributed by atoms with E-state index in [1.807, 2.05) is 36.9 Å². The first-order valence-electron chi connectivity index (χ1n) is 9.95. The van der Waals surface area contributed by atoms with Crippen molar-refractivity contribution in [3.05, 3.63) is 65.7 Å². The molecule has 3 N–H and O–H groups in total. The Hall–Kier alpha value is -2.83. The summed E-state index contributed by atoms with van der Waals surface area (Å²) in [6.07, 6.45) is 9.82. The number of halogens is 1. The zero-order valence-corrected chi connectivity index (χ0v) is 16.8. The van der Waals surface area contributed by atoms with Crippen molar-refractivity contribution in [3.63, 3.8) is 0 Å². The molecule has 0 amide bonds. The average molecular weight is 407 g/mol. The standard InChI is InChI=1S/C22H23ClN6/c23-17-3-1-15(2-4-17)14-29-9-6-18(7-10-29)28-21-19-5-8-24-22(19)25-13-20(21)16-11-26-27-12-16/h1-5,8,11-13,18H,6-7,9-10,14H2,(H,26,27)(H2,24,25,28). The van der Waals surface area contributed by atoms with Gasteiger partial charge in [0.1, 0.15) is 5.65 Å². The molecule has 0 radical (unpaired) electrons. The Balaban J connectivity index is 1.30. The molecular weight excluding hydrogens is 384 g/mol. The molecule has 1 fully saturated rings. The molecule has 7 heteroatoms. The molecule has 0 unspecified atom stereocenters. The third kappa shape index (κ3) is 3.86. The molecule has 4 heterocycles. The first kappa shape index (κ1) is 18.2. The molecule has 148 valence electrons. The van der Waals surface area contributed by atoms with Gasteiger partial charge >= 0.3 is 0 Å². The lowest BCUT2D eigenvalue weighted by molar-refractivity contribution is 0.211. The lowest BCUT2D eigenvalue weighted by atomic mass is 10.0. The number of piperidine rings is 1. The van der Waals surface area contributed by atoms with Crippen molar-refractivity contribution in [1.29, 1.82) is 0 Å². The van der Waals surface area contributed by atoms with Gasteiger partial charge in [-0.05, 0) is 36.6 Å². The summed E-state index contributed by atoms with van der Waals surface area (Å²) in [5, 5.41) is 12.7. The second-order valence-electron chi connectivity index (χ2n) is 7.60. The quantitative estimate of drug-likeness (QED) is 0.450. The minimum absolute atomic E-state index is 0.433. The summed E-state index contributed by atoms with van der Waals surface area (Å²) in [7, 11) is 0. The Morgan fingerprint density at radius 1 is 1.10 bits per heavy atom. The van der Waals surface area contributed by atoms with E-state index in [-0.39, 0.29) is 0 Å². The number of pyridine rings is 1. The molecule has 6 nitrogen and oxygen atoms in total. The predicted molar refractivity (Wildman–Crippen MR) is 117 cm³/mol. The van der Waals surface area contributed by atoms with Crippen molar-refractivity contribution in [2.75, 3.05) is 18.4 Å². The number of nitrogens with one attached hydrogen (secondary N) is 3. The van der Waals surface area contributed by atoms with Gasteiger partial charge in [0.2, 0.25) is 0 Å². The van der Waals surface area contributed by atoms with Gasteiger partial charge in [-0.2, -0.15) is 5.10 Å². The Bertz CT molecular complexity index is 1080. The fraction of sp³-hybridized carbons (Fsp3) is 0.273. The Morgan fingerprint density at radius 3 is 2.69 bits per heavy atom. The molecule has 0 aliphatic carbocycles. The number of aromatic nitrogens is 4. The highest BCUT2D eigenvalue weighted by Crippen LogP contribution is 2.34. The molecule has 29 heavy (non-hydrogen) atoms. The lowest BCUT2D eigenvalue weighted by Gasteiger charge is -2.33. The van der Waals surface area contributed by atoms with Crippen LogP contribution in [0.5, 0.6) is 0 Å². The number of aromatic amines is 2. The molecule has 0 bridgehead atoms. The monoisotopic (exact) mass is 406 g/mol. The number of H-pyrrole nitrogens is 2. The third-order valence-corrected chi connectivity index (χ3v) is 5.90. The van der Waals surface area contributed by atoms with Crippen LogP contribution in [0.15, 0.2) is 55.1 Å². The third-order valence-electron chi connectivity index (χ3n) is 5.65. The highest BCUT2D eigenvalue weighted by molar-refractivity contribution is 6.30. The summed E-state index contributed by atoms with van der Waals surface area (Å²) in [4.78, 5) is 10.3. The van der Waals surface area contributed by atoms with Crippen molar-refractivity contribution in [2.24, 2.45) is 0 Å². The van der Waals surface area contributed by atoms with Gasteiger partial charge < -0.3 is 10.3 Å². The maximum atomic E-state index is 6.00. The first-order chi connectivity index (χ1) is 14.3. The Kier molecular flexibility index (Phi) is 4.96. The number of hydrogen-bond acceptors (Lipinski definition) is 4. The van der Waals surface area contributed by atoms with Crippen LogP contribution >= 0.6 is 11.6 Å². The van der Waals surface area contributed by atoms with Gasteiger partial charge in [0.15, 0.2) is 0 Å². The average Bonchev–Trinajstić information content (AvgIpc) is 3.43. The summed E-state index contributed by atoms with van der Waals surface area (Å²) < 4.78 is 0. The molecule has 1 aromatic carbocycles. The molecule has 1 aliphatic rings. The molecule has 4 aromatic rings. The molecular formula is C22H23ClN6. The smallest absolute Gasteiger partial charge is 0.139 e. The first-order valence-corrected chi connectivity index (χ1v) is 10.3. The largest absolute Gasteiger partial charge is 0.381 e. The zero-order chi connectivity index (χ0) is 19.6. The zero-order valence-electron chi connectivity index (χ0n) is 16.0. The van der Waals surface area contributed by atoms with E-state index in [0.717, 1.165) is 65.3 Å². The summed E-state index contributed by atoms with van der Waals surface area (Å²) in [5.41, 5.74) is 5.47. The van der Waals surface area contributed by atoms with Crippen molar-refractivity contribution in [1.82, 2.24) is 25.1 Å². The van der Waals surface area contributed by atoms with Crippen LogP contribution in [-0.4, -0.2) is 44.2 Å². The van der Waals surface area contributed by atoms with Crippen LogP contribution in [0, 0.1) is 0 Å². The lowest BCUT2D eigenvalue weighted by Crippen LogP contribution is -2.38. The highest BCUT2D eigenvalue weighted by atomic mass is 35.5. The summed E-state index contributed by atoms with van der Waals surface area (Å²) in [6, 6.07) is 10.7. The number of fused-ring (bicyclic) bond motifs is 1. The van der Waals surface area contributed by atoms with Crippen LogP contribution < -0.4 is 5.32 Å². The molecule has 0 atom stereocenters. The SMILES string of the molecule is Clc1ccc(CN2CCC(Nc3c(-c4cn[nH]c4)cnc4[nH]ccc34)CC2)cc1.